The fraction of sp³-hybridized carbons (Fsp3) is 0.500. The molecule has 1 amide bonds. The van der Waals surface area contributed by atoms with E-state index >= 15 is 0 Å². The monoisotopic (exact) mass is 344 g/mol. The lowest BCUT2D eigenvalue weighted by Crippen LogP contribution is -2.41. The van der Waals surface area contributed by atoms with Gasteiger partial charge in [0.2, 0.25) is 0 Å². The van der Waals surface area contributed by atoms with E-state index in [0.29, 0.717) is 50.4 Å². The first-order chi connectivity index (χ1) is 12.2. The molecule has 25 heavy (non-hydrogen) atoms. The molecule has 3 aliphatic heterocycles. The highest BCUT2D eigenvalue weighted by Crippen LogP contribution is 2.44. The van der Waals surface area contributed by atoms with Gasteiger partial charge in [0, 0.05) is 42.5 Å². The van der Waals surface area contributed by atoms with E-state index in [9.17, 15) is 14.9 Å². The second-order valence-corrected chi connectivity index (χ2v) is 6.57. The number of hydrogen-bond donors (Lipinski definition) is 0. The number of benzene rings is 1. The molecule has 1 aromatic rings. The minimum absolute atomic E-state index is 0.0190. The average Bonchev–Trinajstić information content (AvgIpc) is 2.94. The highest BCUT2D eigenvalue weighted by atomic mass is 16.6. The summed E-state index contributed by atoms with van der Waals surface area (Å²) < 4.78 is 10.8. The normalized spacial score (nSPS) is 21.6. The van der Waals surface area contributed by atoms with E-state index < -0.39 is 4.92 Å². The summed E-state index contributed by atoms with van der Waals surface area (Å²) in [6.07, 6.45) is 2.97. The molecule has 0 saturated carbocycles. The summed E-state index contributed by atoms with van der Waals surface area (Å²) in [4.78, 5) is 25.9. The van der Waals surface area contributed by atoms with Crippen LogP contribution in [-0.4, -0.2) is 43.3 Å². The predicted molar refractivity (Wildman–Crippen MR) is 91.4 cm³/mol. The minimum atomic E-state index is -0.409. The molecule has 0 atom stereocenters. The molecule has 3 aliphatic rings. The van der Waals surface area contributed by atoms with Crippen LogP contribution in [-0.2, 0) is 14.3 Å². The van der Waals surface area contributed by atoms with Gasteiger partial charge in [-0.15, -0.1) is 0 Å². The Kier molecular flexibility index (Phi) is 4.27. The van der Waals surface area contributed by atoms with Gasteiger partial charge in [-0.05, 0) is 31.7 Å². The number of ether oxygens (including phenoxy) is 2. The summed E-state index contributed by atoms with van der Waals surface area (Å²) in [6.45, 7) is 2.45. The highest BCUT2D eigenvalue weighted by Gasteiger charge is 2.40. The third kappa shape index (κ3) is 2.83. The van der Waals surface area contributed by atoms with Crippen LogP contribution in [0.3, 0.4) is 0 Å². The van der Waals surface area contributed by atoms with Crippen molar-refractivity contribution in [3.8, 4) is 0 Å². The number of carbonyl (C=O) groups excluding carboxylic acids is 1. The summed E-state index contributed by atoms with van der Waals surface area (Å²) in [7, 11) is 0. The summed E-state index contributed by atoms with van der Waals surface area (Å²) in [5, 5.41) is 11.2. The average molecular weight is 344 g/mol. The Balaban J connectivity index is 1.82. The molecular formula is C18H20N2O5. The quantitative estimate of drug-likeness (QED) is 0.468. The first-order valence-corrected chi connectivity index (χ1v) is 8.66. The molecule has 7 heteroatoms. The fourth-order valence-electron chi connectivity index (χ4n) is 3.91. The molecule has 7 nitrogen and oxygen atoms in total. The largest absolute Gasteiger partial charge is 0.381 e. The van der Waals surface area contributed by atoms with E-state index in [-0.39, 0.29) is 17.6 Å². The number of anilines is 1. The van der Waals surface area contributed by atoms with Crippen molar-refractivity contribution in [2.75, 3.05) is 31.3 Å². The van der Waals surface area contributed by atoms with Crippen LogP contribution in [0.25, 0.3) is 5.57 Å². The number of nitrogens with zero attached hydrogens (tertiary/aromatic N) is 2. The van der Waals surface area contributed by atoms with Crippen LogP contribution < -0.4 is 4.90 Å². The maximum absolute atomic E-state index is 13.3. The second-order valence-electron chi connectivity index (χ2n) is 6.57. The fourth-order valence-corrected chi connectivity index (χ4v) is 3.91. The standard InChI is InChI=1S/C18H20N2O5/c21-18-17(12-3-7-24-8-4-12)15-11-14(20(22)23)1-2-16(15)19(18)13-5-9-25-10-6-13/h1-2,11,13H,3-10H2. The van der Waals surface area contributed by atoms with E-state index in [1.54, 1.807) is 12.1 Å². The number of nitro benzene ring substituents is 1. The molecule has 0 unspecified atom stereocenters. The molecule has 0 spiro atoms. The molecule has 0 aliphatic carbocycles. The summed E-state index contributed by atoms with van der Waals surface area (Å²) in [6, 6.07) is 4.83. The van der Waals surface area contributed by atoms with E-state index in [2.05, 4.69) is 0 Å². The Morgan fingerprint density at radius 1 is 1.08 bits per heavy atom. The van der Waals surface area contributed by atoms with Crippen molar-refractivity contribution >= 4 is 22.9 Å². The molecule has 1 aromatic carbocycles. The molecule has 0 radical (unpaired) electrons. The summed E-state index contributed by atoms with van der Waals surface area (Å²) >= 11 is 0. The Hall–Kier alpha value is -2.25. The lowest BCUT2D eigenvalue weighted by Gasteiger charge is -2.31. The van der Waals surface area contributed by atoms with Crippen LogP contribution in [0.1, 0.15) is 31.2 Å². The summed E-state index contributed by atoms with van der Waals surface area (Å²) in [5.41, 5.74) is 3.20. The first kappa shape index (κ1) is 16.2. The Labute approximate surface area is 145 Å². The zero-order valence-electron chi connectivity index (χ0n) is 13.9. The van der Waals surface area contributed by atoms with Gasteiger partial charge >= 0.3 is 0 Å². The molecular weight excluding hydrogens is 324 g/mol. The number of hydrogen-bond acceptors (Lipinski definition) is 5. The van der Waals surface area contributed by atoms with Crippen molar-refractivity contribution in [3.63, 3.8) is 0 Å². The van der Waals surface area contributed by atoms with Gasteiger partial charge in [0.1, 0.15) is 0 Å². The van der Waals surface area contributed by atoms with Crippen molar-refractivity contribution in [1.82, 2.24) is 0 Å². The van der Waals surface area contributed by atoms with Gasteiger partial charge in [-0.25, -0.2) is 0 Å². The van der Waals surface area contributed by atoms with Crippen LogP contribution in [0.5, 0.6) is 0 Å². The maximum Gasteiger partial charge on any atom is 0.270 e. The zero-order chi connectivity index (χ0) is 17.4. The molecule has 2 saturated heterocycles. The Morgan fingerprint density at radius 2 is 1.76 bits per heavy atom. The predicted octanol–water partition coefficient (Wildman–Crippen LogP) is 2.68. The van der Waals surface area contributed by atoms with Crippen molar-refractivity contribution in [1.29, 1.82) is 0 Å². The van der Waals surface area contributed by atoms with Gasteiger partial charge in [-0.1, -0.05) is 5.57 Å². The van der Waals surface area contributed by atoms with Crippen LogP contribution in [0, 0.1) is 10.1 Å². The van der Waals surface area contributed by atoms with E-state index in [4.69, 9.17) is 9.47 Å². The van der Waals surface area contributed by atoms with Crippen molar-refractivity contribution in [2.45, 2.75) is 31.7 Å². The topological polar surface area (TPSA) is 81.9 Å². The maximum atomic E-state index is 13.3. The van der Waals surface area contributed by atoms with Gasteiger partial charge in [-0.2, -0.15) is 0 Å². The van der Waals surface area contributed by atoms with Gasteiger partial charge in [0.05, 0.1) is 23.8 Å². The van der Waals surface area contributed by atoms with Gasteiger partial charge in [-0.3, -0.25) is 14.9 Å². The van der Waals surface area contributed by atoms with E-state index in [0.717, 1.165) is 24.1 Å². The van der Waals surface area contributed by atoms with Gasteiger partial charge < -0.3 is 14.4 Å². The first-order valence-electron chi connectivity index (χ1n) is 8.66. The second kappa shape index (κ2) is 6.57. The van der Waals surface area contributed by atoms with Crippen LogP contribution >= 0.6 is 0 Å². The molecule has 2 fully saturated rings. The van der Waals surface area contributed by atoms with Crippen molar-refractivity contribution < 1.29 is 19.2 Å². The van der Waals surface area contributed by atoms with E-state index in [1.165, 1.54) is 6.07 Å². The van der Waals surface area contributed by atoms with Crippen LogP contribution in [0.2, 0.25) is 0 Å². The molecule has 3 heterocycles. The molecule has 0 aromatic heterocycles. The molecule has 132 valence electrons. The number of nitro groups is 1. The molecule has 0 bridgehead atoms. The van der Waals surface area contributed by atoms with Gasteiger partial charge in [0.15, 0.2) is 0 Å². The Morgan fingerprint density at radius 3 is 2.44 bits per heavy atom. The number of amides is 1. The number of carbonyl (C=O) groups is 1. The van der Waals surface area contributed by atoms with Crippen LogP contribution in [0.15, 0.2) is 23.8 Å². The van der Waals surface area contributed by atoms with E-state index in [1.807, 2.05) is 4.90 Å². The van der Waals surface area contributed by atoms with Crippen LogP contribution in [0.4, 0.5) is 11.4 Å². The third-order valence-electron chi connectivity index (χ3n) is 5.16. The smallest absolute Gasteiger partial charge is 0.270 e. The number of rotatable bonds is 2. The number of non-ortho nitro benzene ring substituents is 1. The van der Waals surface area contributed by atoms with Crippen molar-refractivity contribution in [2.24, 2.45) is 0 Å². The zero-order valence-corrected chi connectivity index (χ0v) is 13.9. The number of fused-ring (bicyclic) bond motifs is 1. The lowest BCUT2D eigenvalue weighted by molar-refractivity contribution is -0.384. The Bertz CT molecular complexity index is 744. The third-order valence-corrected chi connectivity index (χ3v) is 5.16. The summed E-state index contributed by atoms with van der Waals surface area (Å²) in [5.74, 6) is -0.0284. The SMILES string of the molecule is O=C1C(=C2CCOCC2)c2cc([N+](=O)[O-])ccc2N1C1CCOCC1. The lowest BCUT2D eigenvalue weighted by atomic mass is 9.95. The highest BCUT2D eigenvalue weighted by molar-refractivity contribution is 6.33. The molecule has 4 rings (SSSR count). The van der Waals surface area contributed by atoms with Gasteiger partial charge in [0.25, 0.3) is 11.6 Å². The van der Waals surface area contributed by atoms with Crippen molar-refractivity contribution in [3.05, 3.63) is 39.4 Å². The minimum Gasteiger partial charge on any atom is -0.381 e. The molecule has 0 N–H and O–H groups in total.